The maximum atomic E-state index is 12.8. The smallest absolute Gasteiger partial charge is 0.157 e. The fraction of sp³-hybridized carbons (Fsp3) is 0.857. The Balaban J connectivity index is 0. The molecule has 0 aromatic carbocycles. The average Bonchev–Trinajstić information content (AvgIpc) is 3.01. The van der Waals surface area contributed by atoms with Crippen LogP contribution >= 0.6 is 0 Å². The van der Waals surface area contributed by atoms with Crippen LogP contribution in [0.4, 0.5) is 0 Å². The molecular weight excluding hydrogens is 550 g/mol. The van der Waals surface area contributed by atoms with Gasteiger partial charge in [0.2, 0.25) is 0 Å². The van der Waals surface area contributed by atoms with Crippen LogP contribution in [-0.4, -0.2) is 36.6 Å². The lowest BCUT2D eigenvalue weighted by Gasteiger charge is -2.22. The van der Waals surface area contributed by atoms with E-state index in [2.05, 4.69) is 52.0 Å². The molecule has 0 saturated carbocycles. The van der Waals surface area contributed by atoms with E-state index in [1.165, 1.54) is 148 Å². The SMILES string of the molecule is CCC.CCCCCCCC/C=C\CCCCCCCC(=O)C(C(=O)CCCCCCC/C=C\CCCCCCCC)N(C)C. The van der Waals surface area contributed by atoms with Gasteiger partial charge < -0.3 is 0 Å². The van der Waals surface area contributed by atoms with E-state index in [4.69, 9.17) is 0 Å². The Labute approximate surface area is 283 Å². The number of hydrogen-bond donors (Lipinski definition) is 0. The second-order valence-electron chi connectivity index (χ2n) is 13.7. The van der Waals surface area contributed by atoms with Gasteiger partial charge in [-0.2, -0.15) is 0 Å². The summed E-state index contributed by atoms with van der Waals surface area (Å²) in [6, 6.07) is -0.543. The van der Waals surface area contributed by atoms with Crippen molar-refractivity contribution in [2.45, 2.75) is 220 Å². The molecule has 0 aromatic heterocycles. The van der Waals surface area contributed by atoms with Gasteiger partial charge in [0.15, 0.2) is 11.6 Å². The molecule has 0 N–H and O–H groups in total. The first-order chi connectivity index (χ1) is 22.0. The molecule has 0 fully saturated rings. The molecule has 0 rings (SSSR count). The molecule has 0 aliphatic carbocycles. The fourth-order valence-electron chi connectivity index (χ4n) is 5.77. The first-order valence-electron chi connectivity index (χ1n) is 20.0. The highest BCUT2D eigenvalue weighted by molar-refractivity contribution is 6.06. The van der Waals surface area contributed by atoms with Gasteiger partial charge in [0.1, 0.15) is 6.04 Å². The van der Waals surface area contributed by atoms with E-state index in [9.17, 15) is 9.59 Å². The summed E-state index contributed by atoms with van der Waals surface area (Å²) in [5.41, 5.74) is 0. The number of Topliss-reactive ketones (excluding diaryl/α,β-unsaturated/α-hetero) is 2. The van der Waals surface area contributed by atoms with Crippen molar-refractivity contribution in [3.63, 3.8) is 0 Å². The molecule has 0 aliphatic rings. The number of unbranched alkanes of at least 4 members (excludes halogenated alkanes) is 22. The lowest BCUT2D eigenvalue weighted by Crippen LogP contribution is -2.42. The number of hydrogen-bond acceptors (Lipinski definition) is 3. The van der Waals surface area contributed by atoms with E-state index in [1.807, 2.05) is 19.0 Å². The second-order valence-corrected chi connectivity index (χ2v) is 13.7. The van der Waals surface area contributed by atoms with Crippen molar-refractivity contribution in [2.75, 3.05) is 14.1 Å². The van der Waals surface area contributed by atoms with Crippen LogP contribution in [0.5, 0.6) is 0 Å². The number of nitrogens with zero attached hydrogens (tertiary/aromatic N) is 1. The summed E-state index contributed by atoms with van der Waals surface area (Å²) in [7, 11) is 3.75. The first-order valence-corrected chi connectivity index (χ1v) is 20.0. The second kappa shape index (κ2) is 39.0. The van der Waals surface area contributed by atoms with Crippen LogP contribution in [-0.2, 0) is 9.59 Å². The quantitative estimate of drug-likeness (QED) is 0.0411. The zero-order chi connectivity index (χ0) is 33.6. The van der Waals surface area contributed by atoms with E-state index < -0.39 is 6.04 Å². The predicted molar refractivity (Wildman–Crippen MR) is 202 cm³/mol. The summed E-state index contributed by atoms with van der Waals surface area (Å²) >= 11 is 0. The maximum Gasteiger partial charge on any atom is 0.157 e. The lowest BCUT2D eigenvalue weighted by molar-refractivity contribution is -0.133. The predicted octanol–water partition coefficient (Wildman–Crippen LogP) is 13.5. The standard InChI is InChI=1S/C39H73NO2.C3H8/c1-5-7-9-11-13-15-17-19-21-23-25-27-29-31-33-35-37(41)39(40(3)4)38(42)36-34-32-30-28-26-24-22-20-18-16-14-12-10-8-6-2;1-3-2/h19-22,39H,5-18,23-36H2,1-4H3;3H2,1-2H3/b21-19-,22-20-;. The minimum Gasteiger partial charge on any atom is -0.297 e. The summed E-state index contributed by atoms with van der Waals surface area (Å²) < 4.78 is 0. The summed E-state index contributed by atoms with van der Waals surface area (Å²) in [5.74, 6) is 0.241. The van der Waals surface area contributed by atoms with Crippen LogP contribution in [0.3, 0.4) is 0 Å². The highest BCUT2D eigenvalue weighted by atomic mass is 16.2. The van der Waals surface area contributed by atoms with Crippen LogP contribution in [0.25, 0.3) is 0 Å². The van der Waals surface area contributed by atoms with Crippen molar-refractivity contribution in [1.29, 1.82) is 0 Å². The Kier molecular flexibility index (Phi) is 39.7. The van der Waals surface area contributed by atoms with E-state index in [0.29, 0.717) is 12.8 Å². The number of carbonyl (C=O) groups is 2. The molecule has 266 valence electrons. The third kappa shape index (κ3) is 35.5. The van der Waals surface area contributed by atoms with Gasteiger partial charge in [-0.15, -0.1) is 0 Å². The lowest BCUT2D eigenvalue weighted by atomic mass is 9.97. The maximum absolute atomic E-state index is 12.8. The van der Waals surface area contributed by atoms with Gasteiger partial charge in [0.25, 0.3) is 0 Å². The van der Waals surface area contributed by atoms with Gasteiger partial charge in [0.05, 0.1) is 0 Å². The summed E-state index contributed by atoms with van der Waals surface area (Å²) in [4.78, 5) is 27.5. The minimum absolute atomic E-state index is 0.121. The minimum atomic E-state index is -0.543. The molecule has 0 bridgehead atoms. The van der Waals surface area contributed by atoms with Gasteiger partial charge in [0, 0.05) is 12.8 Å². The highest BCUT2D eigenvalue weighted by Gasteiger charge is 2.27. The Bertz CT molecular complexity index is 614. The summed E-state index contributed by atoms with van der Waals surface area (Å²) in [6.45, 7) is 8.79. The molecule has 0 heterocycles. The van der Waals surface area contributed by atoms with Crippen LogP contribution in [0.2, 0.25) is 0 Å². The van der Waals surface area contributed by atoms with Crippen LogP contribution in [0, 0.1) is 0 Å². The molecule has 0 aromatic rings. The van der Waals surface area contributed by atoms with Gasteiger partial charge >= 0.3 is 0 Å². The number of carbonyl (C=O) groups excluding carboxylic acids is 2. The monoisotopic (exact) mass is 632 g/mol. The first kappa shape index (κ1) is 45.9. The van der Waals surface area contributed by atoms with Crippen molar-refractivity contribution in [2.24, 2.45) is 0 Å². The van der Waals surface area contributed by atoms with E-state index in [-0.39, 0.29) is 11.6 Å². The molecule has 0 amide bonds. The molecular formula is C42H81NO2. The highest BCUT2D eigenvalue weighted by Crippen LogP contribution is 2.15. The van der Waals surface area contributed by atoms with E-state index >= 15 is 0 Å². The van der Waals surface area contributed by atoms with Crippen molar-refractivity contribution in [3.05, 3.63) is 24.3 Å². The van der Waals surface area contributed by atoms with Gasteiger partial charge in [-0.3, -0.25) is 14.5 Å². The van der Waals surface area contributed by atoms with Crippen molar-refractivity contribution in [3.8, 4) is 0 Å². The largest absolute Gasteiger partial charge is 0.297 e. The van der Waals surface area contributed by atoms with E-state index in [0.717, 1.165) is 25.7 Å². The Morgan fingerprint density at radius 2 is 0.667 bits per heavy atom. The van der Waals surface area contributed by atoms with Gasteiger partial charge in [-0.05, 0) is 78.3 Å². The molecule has 0 unspecified atom stereocenters. The molecule has 0 aliphatic heterocycles. The normalized spacial score (nSPS) is 11.6. The Morgan fingerprint density at radius 1 is 0.422 bits per heavy atom. The molecule has 3 nitrogen and oxygen atoms in total. The Morgan fingerprint density at radius 3 is 0.933 bits per heavy atom. The average molecular weight is 632 g/mol. The summed E-state index contributed by atoms with van der Waals surface area (Å²) in [5, 5.41) is 0. The molecule has 0 saturated heterocycles. The molecule has 3 heteroatoms. The number of likely N-dealkylation sites (N-methyl/N-ethyl adjacent to an activating group) is 1. The molecule has 0 radical (unpaired) electrons. The van der Waals surface area contributed by atoms with Crippen LogP contribution in [0.15, 0.2) is 24.3 Å². The Hall–Kier alpha value is -1.22. The number of ketones is 2. The van der Waals surface area contributed by atoms with Gasteiger partial charge in [-0.25, -0.2) is 0 Å². The van der Waals surface area contributed by atoms with Crippen molar-refractivity contribution >= 4 is 11.6 Å². The van der Waals surface area contributed by atoms with Crippen molar-refractivity contribution < 1.29 is 9.59 Å². The number of allylic oxidation sites excluding steroid dienone is 4. The summed E-state index contributed by atoms with van der Waals surface area (Å²) in [6.07, 6.45) is 44.4. The molecule has 0 spiro atoms. The topological polar surface area (TPSA) is 37.4 Å². The van der Waals surface area contributed by atoms with Crippen molar-refractivity contribution in [1.82, 2.24) is 4.90 Å². The third-order valence-electron chi connectivity index (χ3n) is 8.50. The molecule has 45 heavy (non-hydrogen) atoms. The van der Waals surface area contributed by atoms with E-state index in [1.54, 1.807) is 0 Å². The fourth-order valence-corrected chi connectivity index (χ4v) is 5.77. The van der Waals surface area contributed by atoms with Gasteiger partial charge in [-0.1, -0.05) is 161 Å². The third-order valence-corrected chi connectivity index (χ3v) is 8.50. The van der Waals surface area contributed by atoms with Crippen LogP contribution < -0.4 is 0 Å². The zero-order valence-corrected chi connectivity index (χ0v) is 31.7. The number of rotatable bonds is 33. The van der Waals surface area contributed by atoms with Crippen LogP contribution in [0.1, 0.15) is 214 Å². The molecule has 0 atom stereocenters. The zero-order valence-electron chi connectivity index (χ0n) is 31.7.